The molecule has 0 radical (unpaired) electrons. The van der Waals surface area contributed by atoms with Gasteiger partial charge in [-0.15, -0.1) is 0 Å². The lowest BCUT2D eigenvalue weighted by Gasteiger charge is -2.31. The van der Waals surface area contributed by atoms with Crippen LogP contribution in [0.3, 0.4) is 0 Å². The number of esters is 2. The molecule has 0 aromatic heterocycles. The monoisotopic (exact) mass is 632 g/mol. The molecule has 46 heavy (non-hydrogen) atoms. The number of ether oxygens (including phenoxy) is 4. The van der Waals surface area contributed by atoms with Crippen molar-refractivity contribution in [3.8, 4) is 11.5 Å². The first kappa shape index (κ1) is 34.1. The van der Waals surface area contributed by atoms with Gasteiger partial charge >= 0.3 is 11.9 Å². The first-order chi connectivity index (χ1) is 22.3. The van der Waals surface area contributed by atoms with Crippen LogP contribution in [0.5, 0.6) is 11.5 Å². The van der Waals surface area contributed by atoms with Gasteiger partial charge in [0, 0.05) is 31.8 Å². The highest BCUT2D eigenvalue weighted by Crippen LogP contribution is 2.30. The molecule has 0 bridgehead atoms. The molecule has 12 nitrogen and oxygen atoms in total. The van der Waals surface area contributed by atoms with Crippen molar-refractivity contribution in [1.29, 1.82) is 0 Å². The second kappa shape index (κ2) is 17.6. The van der Waals surface area contributed by atoms with Crippen molar-refractivity contribution in [2.45, 2.75) is 44.9 Å². The molecule has 1 aliphatic rings. The van der Waals surface area contributed by atoms with Crippen LogP contribution < -0.4 is 36.9 Å². The zero-order valence-corrected chi connectivity index (χ0v) is 26.2. The molecule has 1 aliphatic heterocycles. The Balaban J connectivity index is 1.19. The van der Waals surface area contributed by atoms with Crippen molar-refractivity contribution in [2.24, 2.45) is 22.2 Å². The molecule has 1 heterocycles. The summed E-state index contributed by atoms with van der Waals surface area (Å²) in [7, 11) is 0. The van der Waals surface area contributed by atoms with E-state index in [1.807, 2.05) is 66.7 Å². The summed E-state index contributed by atoms with van der Waals surface area (Å²) < 4.78 is 22.3. The van der Waals surface area contributed by atoms with Gasteiger partial charge in [-0.1, -0.05) is 36.4 Å². The summed E-state index contributed by atoms with van der Waals surface area (Å²) in [5.41, 5.74) is 20.4. The Morgan fingerprint density at radius 1 is 1.00 bits per heavy atom. The van der Waals surface area contributed by atoms with Crippen LogP contribution in [0.1, 0.15) is 30.9 Å². The molecule has 3 aromatic carbocycles. The van der Waals surface area contributed by atoms with Gasteiger partial charge in [0.2, 0.25) is 0 Å². The molecule has 0 aliphatic carbocycles. The van der Waals surface area contributed by atoms with E-state index in [1.54, 1.807) is 6.92 Å². The van der Waals surface area contributed by atoms with E-state index in [4.69, 9.17) is 36.1 Å². The number of nitrogens with two attached hydrogens (primary N) is 3. The first-order valence-electron chi connectivity index (χ1n) is 15.5. The minimum Gasteiger partial charge on any atom is -0.492 e. The summed E-state index contributed by atoms with van der Waals surface area (Å²) in [6, 6.07) is 22.8. The maximum absolute atomic E-state index is 12.7. The van der Waals surface area contributed by atoms with Crippen molar-refractivity contribution >= 4 is 29.3 Å². The number of benzene rings is 3. The van der Waals surface area contributed by atoms with Gasteiger partial charge < -0.3 is 46.4 Å². The highest BCUT2D eigenvalue weighted by atomic mass is 16.6. The lowest BCUT2D eigenvalue weighted by molar-refractivity contribution is -0.169. The number of hydrogen-bond donors (Lipinski definition) is 4. The maximum atomic E-state index is 12.7. The summed E-state index contributed by atoms with van der Waals surface area (Å²) in [6.45, 7) is 5.86. The van der Waals surface area contributed by atoms with E-state index < -0.39 is 24.1 Å². The molecule has 7 N–H and O–H groups in total. The van der Waals surface area contributed by atoms with Crippen molar-refractivity contribution in [3.63, 3.8) is 0 Å². The van der Waals surface area contributed by atoms with E-state index in [1.165, 1.54) is 0 Å². The zero-order valence-electron chi connectivity index (χ0n) is 26.2. The maximum Gasteiger partial charge on any atom is 0.343 e. The van der Waals surface area contributed by atoms with E-state index in [9.17, 15) is 9.59 Å². The van der Waals surface area contributed by atoms with Crippen LogP contribution in [0.25, 0.3) is 0 Å². The molecule has 12 heteroatoms. The Kier molecular flexibility index (Phi) is 13.0. The van der Waals surface area contributed by atoms with Crippen molar-refractivity contribution in [2.75, 3.05) is 49.7 Å². The molecule has 1 unspecified atom stereocenters. The number of rotatable bonds is 17. The van der Waals surface area contributed by atoms with E-state index in [-0.39, 0.29) is 25.4 Å². The molecule has 0 saturated heterocycles. The van der Waals surface area contributed by atoms with Gasteiger partial charge in [0.05, 0.1) is 18.8 Å². The molecule has 246 valence electrons. The lowest BCUT2D eigenvalue weighted by atomic mass is 10.1. The molecular formula is C34H44N6O6. The van der Waals surface area contributed by atoms with Crippen LogP contribution in [0, 0.1) is 0 Å². The van der Waals surface area contributed by atoms with E-state index in [2.05, 4.69) is 21.3 Å². The Morgan fingerprint density at radius 2 is 1.74 bits per heavy atom. The average Bonchev–Trinajstić information content (AvgIpc) is 3.06. The molecule has 0 saturated carbocycles. The molecule has 4 rings (SSSR count). The SMILES string of the molecule is CCOC(Cc1ccc(CNc2ccc(OCCN3CCOc4ccccc43)cc2)cc1)C(=O)OC(=O)[C@@H](N)CCCN=C(N)N. The summed E-state index contributed by atoms with van der Waals surface area (Å²) in [6.07, 6.45) is 0.0785. The summed E-state index contributed by atoms with van der Waals surface area (Å²) in [5.74, 6) is 0.118. The predicted molar refractivity (Wildman–Crippen MR) is 178 cm³/mol. The van der Waals surface area contributed by atoms with Gasteiger partial charge in [0.25, 0.3) is 0 Å². The number of fused-ring (bicyclic) bond motifs is 1. The minimum absolute atomic E-state index is 0.0330. The van der Waals surface area contributed by atoms with Gasteiger partial charge in [-0.3, -0.25) is 4.99 Å². The van der Waals surface area contributed by atoms with Gasteiger partial charge in [-0.25, -0.2) is 9.59 Å². The third-order valence-corrected chi connectivity index (χ3v) is 7.35. The number of nitrogens with one attached hydrogen (secondary N) is 1. The van der Waals surface area contributed by atoms with E-state index in [0.717, 1.165) is 47.1 Å². The minimum atomic E-state index is -0.963. The normalized spacial score (nSPS) is 13.5. The fourth-order valence-electron chi connectivity index (χ4n) is 4.90. The van der Waals surface area contributed by atoms with Gasteiger partial charge in [-0.2, -0.15) is 0 Å². The largest absolute Gasteiger partial charge is 0.492 e. The number of para-hydroxylation sites is 2. The van der Waals surface area contributed by atoms with Crippen LogP contribution in [-0.4, -0.2) is 69.5 Å². The average molecular weight is 633 g/mol. The summed E-state index contributed by atoms with van der Waals surface area (Å²) in [5, 5.41) is 3.42. The van der Waals surface area contributed by atoms with Gasteiger partial charge in [0.15, 0.2) is 12.1 Å². The van der Waals surface area contributed by atoms with Crippen molar-refractivity contribution in [3.05, 3.63) is 83.9 Å². The number of nitrogens with zero attached hydrogens (tertiary/aromatic N) is 2. The highest BCUT2D eigenvalue weighted by molar-refractivity contribution is 5.90. The van der Waals surface area contributed by atoms with E-state index >= 15 is 0 Å². The Labute approximate surface area is 269 Å². The number of aliphatic imine (C=N–C) groups is 1. The Hall–Kier alpha value is -4.81. The number of carbonyl (C=O) groups excluding carboxylic acids is 2. The molecule has 0 amide bonds. The highest BCUT2D eigenvalue weighted by Gasteiger charge is 2.26. The molecule has 0 fully saturated rings. The second-order valence-electron chi connectivity index (χ2n) is 10.8. The third kappa shape index (κ3) is 10.7. The van der Waals surface area contributed by atoms with Gasteiger partial charge in [-0.05, 0) is 67.3 Å². The van der Waals surface area contributed by atoms with Crippen molar-refractivity contribution in [1.82, 2.24) is 0 Å². The Morgan fingerprint density at radius 3 is 2.48 bits per heavy atom. The fraction of sp³-hybridized carbons (Fsp3) is 0.382. The van der Waals surface area contributed by atoms with Gasteiger partial charge in [0.1, 0.15) is 30.8 Å². The zero-order chi connectivity index (χ0) is 32.7. The quantitative estimate of drug-likeness (QED) is 0.0566. The number of carbonyl (C=O) groups is 2. The van der Waals surface area contributed by atoms with Crippen LogP contribution in [0.4, 0.5) is 11.4 Å². The smallest absolute Gasteiger partial charge is 0.343 e. The second-order valence-corrected chi connectivity index (χ2v) is 10.8. The summed E-state index contributed by atoms with van der Waals surface area (Å²) in [4.78, 5) is 31.1. The lowest BCUT2D eigenvalue weighted by Crippen LogP contribution is -2.38. The number of anilines is 2. The molecule has 0 spiro atoms. The third-order valence-electron chi connectivity index (χ3n) is 7.35. The topological polar surface area (TPSA) is 177 Å². The number of guanidine groups is 1. The molecule has 3 aromatic rings. The van der Waals surface area contributed by atoms with Crippen LogP contribution in [0.2, 0.25) is 0 Å². The summed E-state index contributed by atoms with van der Waals surface area (Å²) >= 11 is 0. The van der Waals surface area contributed by atoms with Crippen LogP contribution in [0.15, 0.2) is 77.8 Å². The molecular weight excluding hydrogens is 588 g/mol. The first-order valence-corrected chi connectivity index (χ1v) is 15.5. The van der Waals surface area contributed by atoms with Crippen LogP contribution >= 0.6 is 0 Å². The van der Waals surface area contributed by atoms with E-state index in [0.29, 0.717) is 32.7 Å². The fourth-order valence-corrected chi connectivity index (χ4v) is 4.90. The standard InChI is InChI=1S/C34H44N6O6/c1-2-43-31(33(42)46-32(41)28(35)6-5-17-38-34(36)37)22-24-9-11-25(12-10-24)23-39-26-13-15-27(16-14-26)44-20-18-40-19-21-45-30-8-4-3-7-29(30)40/h3-4,7-16,28,31,39H,2,5-6,17-23,35H2,1H3,(H4,36,37,38)/t28-,31?/m0/s1. The van der Waals surface area contributed by atoms with Crippen LogP contribution in [-0.2, 0) is 32.0 Å². The predicted octanol–water partition coefficient (Wildman–Crippen LogP) is 2.97. The molecule has 2 atom stereocenters. The number of hydrogen-bond acceptors (Lipinski definition) is 10. The van der Waals surface area contributed by atoms with Crippen molar-refractivity contribution < 1.29 is 28.5 Å². The Bertz CT molecular complexity index is 1430.